The van der Waals surface area contributed by atoms with E-state index in [1.54, 1.807) is 16.9 Å². The van der Waals surface area contributed by atoms with Gasteiger partial charge in [-0.05, 0) is 343 Å². The molecule has 0 atom stereocenters. The molecule has 0 amide bonds. The Balaban J connectivity index is 0.000000166. The monoisotopic (exact) mass is 1910 g/mol. The van der Waals surface area contributed by atoms with Crippen LogP contribution < -0.4 is 52.4 Å². The van der Waals surface area contributed by atoms with Gasteiger partial charge in [0.1, 0.15) is 10.0 Å². The molecule has 14 aromatic carbocycles. The van der Waals surface area contributed by atoms with E-state index >= 15 is 0 Å². The van der Waals surface area contributed by atoms with Crippen LogP contribution in [0.25, 0.3) is 63.8 Å². The maximum absolute atomic E-state index is 5.60. The van der Waals surface area contributed by atoms with Gasteiger partial charge in [0, 0.05) is 79.4 Å². The second kappa shape index (κ2) is 33.9. The number of benzene rings is 14. The highest BCUT2D eigenvalue weighted by Crippen LogP contribution is 2.63. The first-order chi connectivity index (χ1) is 67.3. The Hall–Kier alpha value is -11.8. The molecule has 6 nitrogen and oxygen atoms in total. The van der Waals surface area contributed by atoms with E-state index in [-0.39, 0.29) is 67.6 Å². The zero-order valence-electron chi connectivity index (χ0n) is 90.1. The van der Waals surface area contributed by atoms with E-state index < -0.39 is 0 Å². The van der Waals surface area contributed by atoms with Gasteiger partial charge in [0.25, 0.3) is 13.4 Å². The molecular weight excluding hydrogens is 1770 g/mol. The summed E-state index contributed by atoms with van der Waals surface area (Å²) in [6.07, 6.45) is 8.20. The highest BCUT2D eigenvalue weighted by molar-refractivity contribution is 7.22. The third-order valence-corrected chi connectivity index (χ3v) is 35.1. The molecule has 143 heavy (non-hydrogen) atoms. The minimum atomic E-state index is -0.0576. The van der Waals surface area contributed by atoms with E-state index in [2.05, 4.69) is 486 Å². The molecule has 10 heteroatoms. The number of anilines is 12. The molecule has 6 heterocycles. The van der Waals surface area contributed by atoms with Crippen LogP contribution >= 0.6 is 22.7 Å². The van der Waals surface area contributed by atoms with Crippen molar-refractivity contribution in [1.29, 1.82) is 0 Å². The van der Waals surface area contributed by atoms with Crippen LogP contribution in [0.4, 0.5) is 68.2 Å². The van der Waals surface area contributed by atoms with E-state index in [0.717, 1.165) is 55.6 Å². The Morgan fingerprint density at radius 3 is 0.811 bits per heavy atom. The van der Waals surface area contributed by atoms with Gasteiger partial charge in [-0.2, -0.15) is 0 Å². The van der Waals surface area contributed by atoms with Crippen LogP contribution in [0.3, 0.4) is 0 Å². The number of thiazole rings is 2. The molecule has 724 valence electrons. The lowest BCUT2D eigenvalue weighted by Gasteiger charge is -2.57. The number of hydrogen-bond acceptors (Lipinski definition) is 8. The Kier molecular flexibility index (Phi) is 22.8. The number of nitrogens with zero attached hydrogens (tertiary/aromatic N) is 6. The SMILES string of the molecule is CC(C)(C)c1ccc(-c2ccc(-c3nc4cc5c(cc4s3)N(c3cc(C(C)(C)C)cc(C(C)(C)C)c3)c3cc(C46CC7CC(CC(C7)C4)C6)cc4c3B5c3cc(C(C)(C)C)ccc3N4c3ccc(C(C)(C)C)cc3)cc2)cc1.Cc1cc2c3c(c1)N(c1ccc(C(C)(C)C)cc1)c1cc4sc(-c5ccc(-c6ccc(C(C)(C)C)cc6)cc5)nc4cc1B3c1cc(C(C)(C)C)ccc1N2c1ccc(C(C)(C)C)cc1. The maximum atomic E-state index is 5.60. The molecule has 2 aromatic heterocycles. The van der Waals surface area contributed by atoms with Crippen molar-refractivity contribution >= 4 is 158 Å². The molecule has 16 aromatic rings. The van der Waals surface area contributed by atoms with E-state index in [9.17, 15) is 0 Å². The van der Waals surface area contributed by atoms with Gasteiger partial charge in [0.2, 0.25) is 0 Å². The van der Waals surface area contributed by atoms with E-state index in [1.165, 1.54) is 221 Å². The molecule has 24 rings (SSSR count). The molecule has 4 aliphatic heterocycles. The summed E-state index contributed by atoms with van der Waals surface area (Å²) in [5, 5.41) is 2.10. The molecule has 0 N–H and O–H groups in total. The van der Waals surface area contributed by atoms with Crippen LogP contribution in [-0.4, -0.2) is 23.4 Å². The van der Waals surface area contributed by atoms with Gasteiger partial charge < -0.3 is 19.6 Å². The summed E-state index contributed by atoms with van der Waals surface area (Å²) in [5.41, 5.74) is 47.7. The lowest BCUT2D eigenvalue weighted by atomic mass is 9.33. The molecule has 4 bridgehead atoms. The Labute approximate surface area is 862 Å². The first-order valence-electron chi connectivity index (χ1n) is 52.9. The third-order valence-electron chi connectivity index (χ3n) is 33.0. The van der Waals surface area contributed by atoms with Crippen molar-refractivity contribution in [1.82, 2.24) is 9.97 Å². The van der Waals surface area contributed by atoms with Crippen molar-refractivity contribution < 1.29 is 0 Å². The van der Waals surface area contributed by atoms with Crippen molar-refractivity contribution in [2.24, 2.45) is 17.8 Å². The molecule has 4 fully saturated rings. The molecule has 4 aliphatic carbocycles. The van der Waals surface area contributed by atoms with Gasteiger partial charge in [-0.25, -0.2) is 9.97 Å². The normalized spacial score (nSPS) is 17.6. The van der Waals surface area contributed by atoms with Gasteiger partial charge in [-0.3, -0.25) is 0 Å². The summed E-state index contributed by atoms with van der Waals surface area (Å²) in [6.45, 7) is 65.1. The minimum Gasteiger partial charge on any atom is -0.311 e. The highest BCUT2D eigenvalue weighted by Gasteiger charge is 2.54. The summed E-state index contributed by atoms with van der Waals surface area (Å²) in [7, 11) is 0. The van der Waals surface area contributed by atoms with Crippen molar-refractivity contribution in [2.45, 2.75) is 287 Å². The number of fused-ring (bicyclic) bond motifs is 10. The van der Waals surface area contributed by atoms with Crippen LogP contribution in [0.15, 0.2) is 273 Å². The average molecular weight is 1910 g/mol. The van der Waals surface area contributed by atoms with Crippen LogP contribution in [0.1, 0.15) is 287 Å². The average Bonchev–Trinajstić information content (AvgIpc) is 1.29. The zero-order chi connectivity index (χ0) is 101. The van der Waals surface area contributed by atoms with Crippen LogP contribution in [-0.2, 0) is 54.1 Å². The standard InChI is InChI=1S/C73H82BN3S.C60H62BN3S/c1-68(2,3)50-22-20-48(21-23-50)47-16-18-49(19-17-47)67-75-60-39-59-62(40-65(60)78-67)77(57-34-53(71(10,11)12)33-54(35-57)72(13,14)15)64-38-55(73-41-44-30-45(42-73)32-46(31-44)43-73)37-63-66(64)74(59)58-36-52(70(7,8)9)26-29-61(58)76(63)56-27-24-51(25-28-56)69(4,5)6;1-37-32-52-55-53(33-37)64(46-29-24-43(25-30-46)59(8,9)10)51-36-54-49(62-56(65-54)40-16-14-38(15-17-40)39-18-20-41(21-19-39)57(2,3)4)35-48(51)61(55)47-34-44(60(11,12)13)26-31-50(47)63(52)45-27-22-42(23-28-45)58(5,6)7/h16-29,33-40,44-46H,30-32,41-43H2,1-15H3;14-36H,1-13H3. The Bertz CT molecular complexity index is 7630. The van der Waals surface area contributed by atoms with Gasteiger partial charge >= 0.3 is 0 Å². The van der Waals surface area contributed by atoms with Gasteiger partial charge in [0.05, 0.1) is 20.4 Å². The minimum absolute atomic E-state index is 0.00148. The quantitative estimate of drug-likeness (QED) is 0.134. The van der Waals surface area contributed by atoms with Gasteiger partial charge in [-0.1, -0.05) is 351 Å². The Morgan fingerprint density at radius 2 is 0.503 bits per heavy atom. The van der Waals surface area contributed by atoms with E-state index in [4.69, 9.17) is 9.97 Å². The van der Waals surface area contributed by atoms with Crippen LogP contribution in [0.5, 0.6) is 0 Å². The zero-order valence-corrected chi connectivity index (χ0v) is 91.7. The lowest BCUT2D eigenvalue weighted by molar-refractivity contribution is -0.00514. The molecule has 0 spiro atoms. The Morgan fingerprint density at radius 1 is 0.245 bits per heavy atom. The predicted octanol–water partition coefficient (Wildman–Crippen LogP) is 33.9. The van der Waals surface area contributed by atoms with Gasteiger partial charge in [0.15, 0.2) is 0 Å². The molecule has 8 aliphatic rings. The highest BCUT2D eigenvalue weighted by atomic mass is 32.1. The second-order valence-electron chi connectivity index (χ2n) is 52.9. The summed E-state index contributed by atoms with van der Waals surface area (Å²) in [5.74, 6) is 2.48. The van der Waals surface area contributed by atoms with Crippen LogP contribution in [0, 0.1) is 24.7 Å². The van der Waals surface area contributed by atoms with Crippen molar-refractivity contribution in [3.8, 4) is 43.4 Å². The van der Waals surface area contributed by atoms with Crippen LogP contribution in [0.2, 0.25) is 0 Å². The molecule has 4 saturated carbocycles. The fourth-order valence-electron chi connectivity index (χ4n) is 24.9. The summed E-state index contributed by atoms with van der Waals surface area (Å²) in [6, 6.07) is 107. The fourth-order valence-corrected chi connectivity index (χ4v) is 26.9. The lowest BCUT2D eigenvalue weighted by Crippen LogP contribution is -2.61. The number of rotatable bonds is 9. The third kappa shape index (κ3) is 17.3. The van der Waals surface area contributed by atoms with E-state index in [1.807, 2.05) is 11.3 Å². The van der Waals surface area contributed by atoms with Crippen molar-refractivity contribution in [2.75, 3.05) is 19.6 Å². The first-order valence-corrected chi connectivity index (χ1v) is 54.6. The largest absolute Gasteiger partial charge is 0.311 e. The predicted molar refractivity (Wildman–Crippen MR) is 622 cm³/mol. The smallest absolute Gasteiger partial charge is 0.252 e. The number of aromatic nitrogens is 2. The number of hydrogen-bond donors (Lipinski definition) is 0. The molecule has 0 saturated heterocycles. The molecule has 0 unspecified atom stereocenters. The summed E-state index contributed by atoms with van der Waals surface area (Å²) >= 11 is 3.63. The second-order valence-corrected chi connectivity index (χ2v) is 54.9. The topological polar surface area (TPSA) is 38.7 Å². The van der Waals surface area contributed by atoms with Crippen molar-refractivity contribution in [3.63, 3.8) is 0 Å². The number of aryl methyl sites for hydroxylation is 1. The fraction of sp³-hybridized carbons (Fsp3) is 0.353. The molecular formula is C133H144B2N6S2. The van der Waals surface area contributed by atoms with Gasteiger partial charge in [-0.15, -0.1) is 22.7 Å². The summed E-state index contributed by atoms with van der Waals surface area (Å²) in [4.78, 5) is 21.6. The van der Waals surface area contributed by atoms with E-state index in [0.29, 0.717) is 0 Å². The molecule has 0 radical (unpaired) electrons. The van der Waals surface area contributed by atoms with Crippen molar-refractivity contribution in [3.05, 3.63) is 334 Å². The maximum Gasteiger partial charge on any atom is 0.252 e. The first kappa shape index (κ1) is 96.0. The summed E-state index contributed by atoms with van der Waals surface area (Å²) < 4.78 is 2.41.